The third-order valence-corrected chi connectivity index (χ3v) is 6.56. The van der Waals surface area contributed by atoms with Crippen LogP contribution in [0.3, 0.4) is 0 Å². The molecule has 6 nitrogen and oxygen atoms in total. The summed E-state index contributed by atoms with van der Waals surface area (Å²) in [7, 11) is 1.90. The number of aromatic nitrogens is 3. The van der Waals surface area contributed by atoms with Gasteiger partial charge in [0.05, 0.1) is 5.75 Å². The van der Waals surface area contributed by atoms with Gasteiger partial charge < -0.3 is 14.4 Å². The number of thioether (sulfide) groups is 1. The van der Waals surface area contributed by atoms with Gasteiger partial charge >= 0.3 is 0 Å². The fraction of sp³-hybridized carbons (Fsp3) is 0.286. The minimum absolute atomic E-state index is 0.113. The molecule has 156 valence electrons. The van der Waals surface area contributed by atoms with Gasteiger partial charge in [-0.25, -0.2) is 0 Å². The number of carbonyl (C=O) groups is 1. The zero-order valence-electron chi connectivity index (χ0n) is 16.5. The maximum absolute atomic E-state index is 12.7. The molecule has 0 spiro atoms. The van der Waals surface area contributed by atoms with Gasteiger partial charge in [0.15, 0.2) is 11.0 Å². The first-order valence-electron chi connectivity index (χ1n) is 9.57. The average Bonchev–Trinajstić information content (AvgIpc) is 3.13. The number of rotatable bonds is 5. The molecule has 1 fully saturated rings. The minimum Gasteiger partial charge on any atom is -0.368 e. The number of halogens is 2. The van der Waals surface area contributed by atoms with Crippen LogP contribution in [0.5, 0.6) is 0 Å². The summed E-state index contributed by atoms with van der Waals surface area (Å²) < 4.78 is 1.90. The van der Waals surface area contributed by atoms with Crippen molar-refractivity contribution in [1.82, 2.24) is 19.7 Å². The van der Waals surface area contributed by atoms with Crippen molar-refractivity contribution in [3.63, 3.8) is 0 Å². The van der Waals surface area contributed by atoms with Crippen LogP contribution in [0.1, 0.15) is 0 Å². The molecule has 1 aliphatic rings. The van der Waals surface area contributed by atoms with Gasteiger partial charge in [0.2, 0.25) is 5.91 Å². The number of anilines is 1. The molecule has 0 aliphatic carbocycles. The van der Waals surface area contributed by atoms with Crippen molar-refractivity contribution in [2.24, 2.45) is 7.05 Å². The molecule has 0 bridgehead atoms. The van der Waals surface area contributed by atoms with E-state index in [4.69, 9.17) is 23.2 Å². The lowest BCUT2D eigenvalue weighted by Crippen LogP contribution is -2.49. The Bertz CT molecular complexity index is 1030. The monoisotopic (exact) mass is 461 g/mol. The molecule has 3 aromatic rings. The van der Waals surface area contributed by atoms with E-state index in [1.54, 1.807) is 0 Å². The van der Waals surface area contributed by atoms with Crippen LogP contribution in [-0.2, 0) is 11.8 Å². The highest BCUT2D eigenvalue weighted by molar-refractivity contribution is 7.99. The Morgan fingerprint density at radius 3 is 2.43 bits per heavy atom. The Balaban J connectivity index is 1.32. The zero-order valence-corrected chi connectivity index (χ0v) is 18.8. The molecule has 0 N–H and O–H groups in total. The smallest absolute Gasteiger partial charge is 0.233 e. The molecule has 0 saturated carbocycles. The summed E-state index contributed by atoms with van der Waals surface area (Å²) in [5.74, 6) is 1.20. The number of piperazine rings is 1. The van der Waals surface area contributed by atoms with Gasteiger partial charge in [-0.3, -0.25) is 4.79 Å². The predicted molar refractivity (Wildman–Crippen MR) is 122 cm³/mol. The molecule has 2 aromatic carbocycles. The van der Waals surface area contributed by atoms with Crippen molar-refractivity contribution in [3.05, 3.63) is 58.6 Å². The molecule has 0 unspecified atom stereocenters. The molecule has 1 aliphatic heterocycles. The Morgan fingerprint density at radius 2 is 1.73 bits per heavy atom. The lowest BCUT2D eigenvalue weighted by Gasteiger charge is -2.36. The van der Waals surface area contributed by atoms with Crippen LogP contribution in [0, 0.1) is 0 Å². The highest BCUT2D eigenvalue weighted by Gasteiger charge is 2.22. The highest BCUT2D eigenvalue weighted by Crippen LogP contribution is 2.25. The number of hydrogen-bond donors (Lipinski definition) is 0. The third kappa shape index (κ3) is 4.74. The fourth-order valence-electron chi connectivity index (χ4n) is 3.40. The van der Waals surface area contributed by atoms with Crippen molar-refractivity contribution >= 4 is 46.6 Å². The van der Waals surface area contributed by atoms with Crippen LogP contribution < -0.4 is 4.90 Å². The lowest BCUT2D eigenvalue weighted by atomic mass is 10.2. The van der Waals surface area contributed by atoms with Gasteiger partial charge in [-0.15, -0.1) is 10.2 Å². The maximum Gasteiger partial charge on any atom is 0.233 e. The molecule has 1 amide bonds. The normalized spacial score (nSPS) is 14.2. The highest BCUT2D eigenvalue weighted by atomic mass is 35.5. The van der Waals surface area contributed by atoms with Gasteiger partial charge in [-0.05, 0) is 42.5 Å². The Kier molecular flexibility index (Phi) is 6.51. The quantitative estimate of drug-likeness (QED) is 0.532. The van der Waals surface area contributed by atoms with Crippen molar-refractivity contribution in [1.29, 1.82) is 0 Å². The second-order valence-electron chi connectivity index (χ2n) is 7.01. The SMILES string of the molecule is Cn1c(SCC(=O)N2CCN(c3cccc(Cl)c3)CC2)nnc1-c1ccc(Cl)cc1. The largest absolute Gasteiger partial charge is 0.368 e. The summed E-state index contributed by atoms with van der Waals surface area (Å²) in [5, 5.41) is 10.6. The Hall–Kier alpha value is -2.22. The van der Waals surface area contributed by atoms with Gasteiger partial charge in [-0.2, -0.15) is 0 Å². The topological polar surface area (TPSA) is 54.3 Å². The van der Waals surface area contributed by atoms with Crippen molar-refractivity contribution in [3.8, 4) is 11.4 Å². The standard InChI is InChI=1S/C21H21Cl2N5OS/c1-26-20(15-5-7-16(22)8-6-15)24-25-21(26)30-14-19(29)28-11-9-27(10-12-28)18-4-2-3-17(23)13-18/h2-8,13H,9-12,14H2,1H3. The average molecular weight is 462 g/mol. The van der Waals surface area contributed by atoms with Crippen molar-refractivity contribution in [2.45, 2.75) is 5.16 Å². The number of nitrogens with zero attached hydrogens (tertiary/aromatic N) is 5. The first kappa shape index (κ1) is 21.0. The molecule has 30 heavy (non-hydrogen) atoms. The van der Waals surface area contributed by atoms with E-state index in [-0.39, 0.29) is 5.91 Å². The molecule has 9 heteroatoms. The summed E-state index contributed by atoms with van der Waals surface area (Å²) >= 11 is 13.5. The van der Waals surface area contributed by atoms with Crippen LogP contribution in [0.15, 0.2) is 53.7 Å². The van der Waals surface area contributed by atoms with Gasteiger partial charge in [-0.1, -0.05) is 41.0 Å². The molecule has 0 radical (unpaired) electrons. The molecule has 4 rings (SSSR count). The molecule has 2 heterocycles. The number of benzene rings is 2. The summed E-state index contributed by atoms with van der Waals surface area (Å²) in [5.41, 5.74) is 2.03. The molecule has 0 atom stereocenters. The van der Waals surface area contributed by atoms with Gasteiger partial charge in [0, 0.05) is 54.5 Å². The van der Waals surface area contributed by atoms with Crippen LogP contribution in [-0.4, -0.2) is 57.5 Å². The summed E-state index contributed by atoms with van der Waals surface area (Å²) in [6.07, 6.45) is 0. The van der Waals surface area contributed by atoms with Crippen LogP contribution >= 0.6 is 35.0 Å². The van der Waals surface area contributed by atoms with E-state index in [1.165, 1.54) is 11.8 Å². The molecular weight excluding hydrogens is 441 g/mol. The Morgan fingerprint density at radius 1 is 1.00 bits per heavy atom. The third-order valence-electron chi connectivity index (χ3n) is 5.07. The van der Waals surface area contributed by atoms with E-state index < -0.39 is 0 Å². The van der Waals surface area contributed by atoms with Crippen molar-refractivity contribution < 1.29 is 4.79 Å². The van der Waals surface area contributed by atoms with Crippen LogP contribution in [0.25, 0.3) is 11.4 Å². The second-order valence-corrected chi connectivity index (χ2v) is 8.82. The predicted octanol–water partition coefficient (Wildman–Crippen LogP) is 4.23. The van der Waals surface area contributed by atoms with E-state index in [0.717, 1.165) is 35.2 Å². The van der Waals surface area contributed by atoms with E-state index in [9.17, 15) is 4.79 Å². The second kappa shape index (κ2) is 9.29. The summed E-state index contributed by atoms with van der Waals surface area (Å²) in [6.45, 7) is 2.98. The summed E-state index contributed by atoms with van der Waals surface area (Å²) in [6, 6.07) is 15.3. The van der Waals surface area contributed by atoms with Gasteiger partial charge in [0.25, 0.3) is 0 Å². The minimum atomic E-state index is 0.113. The van der Waals surface area contributed by atoms with Crippen LogP contribution in [0.4, 0.5) is 5.69 Å². The maximum atomic E-state index is 12.7. The fourth-order valence-corrected chi connectivity index (χ4v) is 4.52. The van der Waals surface area contributed by atoms with Crippen LogP contribution in [0.2, 0.25) is 10.0 Å². The van der Waals surface area contributed by atoms with E-state index in [0.29, 0.717) is 29.0 Å². The number of amides is 1. The Labute approximate surface area is 189 Å². The molecular formula is C21H21Cl2N5OS. The van der Waals surface area contributed by atoms with E-state index >= 15 is 0 Å². The number of carbonyl (C=O) groups excluding carboxylic acids is 1. The zero-order chi connectivity index (χ0) is 21.1. The van der Waals surface area contributed by atoms with Gasteiger partial charge in [0.1, 0.15) is 0 Å². The van der Waals surface area contributed by atoms with E-state index in [2.05, 4.69) is 15.1 Å². The summed E-state index contributed by atoms with van der Waals surface area (Å²) in [4.78, 5) is 16.8. The first-order valence-corrected chi connectivity index (χ1v) is 11.3. The number of hydrogen-bond acceptors (Lipinski definition) is 5. The molecule has 1 aromatic heterocycles. The molecule has 1 saturated heterocycles. The first-order chi connectivity index (χ1) is 14.5. The lowest BCUT2D eigenvalue weighted by molar-refractivity contribution is -0.128. The van der Waals surface area contributed by atoms with Crippen molar-refractivity contribution in [2.75, 3.05) is 36.8 Å². The van der Waals surface area contributed by atoms with E-state index in [1.807, 2.05) is 65.0 Å².